The van der Waals surface area contributed by atoms with Crippen molar-refractivity contribution in [3.05, 3.63) is 28.4 Å². The molecule has 5 heteroatoms. The van der Waals surface area contributed by atoms with Crippen molar-refractivity contribution in [3.63, 3.8) is 0 Å². The van der Waals surface area contributed by atoms with E-state index in [1.807, 2.05) is 13.0 Å². The second kappa shape index (κ2) is 3.68. The lowest BCUT2D eigenvalue weighted by molar-refractivity contribution is 1.04. The predicted molar refractivity (Wildman–Crippen MR) is 59.1 cm³/mol. The lowest BCUT2D eigenvalue weighted by Crippen LogP contribution is -2.10. The van der Waals surface area contributed by atoms with Crippen LogP contribution in [-0.4, -0.2) is 22.0 Å². The number of nitrogens with zero attached hydrogens (tertiary/aromatic N) is 2. The number of aromatic nitrogens is 3. The van der Waals surface area contributed by atoms with Gasteiger partial charge in [-0.2, -0.15) is 0 Å². The fourth-order valence-electron chi connectivity index (χ4n) is 1.50. The molecule has 0 aliphatic rings. The van der Waals surface area contributed by atoms with Gasteiger partial charge in [-0.25, -0.2) is 9.97 Å². The molecule has 0 amide bonds. The molecule has 0 bridgehead atoms. The molecule has 2 N–H and O–H groups in total. The quantitative estimate of drug-likeness (QED) is 0.763. The van der Waals surface area contributed by atoms with E-state index in [2.05, 4.69) is 20.3 Å². The van der Waals surface area contributed by atoms with E-state index in [0.717, 1.165) is 12.1 Å². The van der Waals surface area contributed by atoms with Gasteiger partial charge in [0.05, 0.1) is 11.8 Å². The summed E-state index contributed by atoms with van der Waals surface area (Å²) in [5.41, 5.74) is 1.43. The van der Waals surface area contributed by atoms with E-state index in [1.54, 1.807) is 7.05 Å². The lowest BCUT2D eigenvalue weighted by atomic mass is 10.2. The number of H-pyrrole nitrogens is 1. The number of fused-ring (bicyclic) bond motifs is 1. The Bertz CT molecular complexity index is 547. The van der Waals surface area contributed by atoms with E-state index in [1.165, 1.54) is 6.33 Å². The van der Waals surface area contributed by atoms with E-state index in [-0.39, 0.29) is 5.56 Å². The first-order chi connectivity index (χ1) is 7.26. The molecule has 0 aromatic carbocycles. The third-order valence-corrected chi connectivity index (χ3v) is 2.28. The molecule has 0 radical (unpaired) electrons. The Morgan fingerprint density at radius 1 is 1.53 bits per heavy atom. The molecule has 78 valence electrons. The molecule has 0 unspecified atom stereocenters. The van der Waals surface area contributed by atoms with E-state index in [4.69, 9.17) is 0 Å². The Labute approximate surface area is 86.6 Å². The van der Waals surface area contributed by atoms with Gasteiger partial charge in [0.25, 0.3) is 5.56 Å². The number of rotatable bonds is 2. The van der Waals surface area contributed by atoms with Crippen LogP contribution in [0, 0.1) is 0 Å². The van der Waals surface area contributed by atoms with Crippen LogP contribution in [0.4, 0.5) is 5.82 Å². The van der Waals surface area contributed by atoms with Gasteiger partial charge < -0.3 is 10.3 Å². The molecular formula is C10H12N4O. The third-order valence-electron chi connectivity index (χ3n) is 2.28. The Morgan fingerprint density at radius 3 is 3.00 bits per heavy atom. The molecule has 0 saturated carbocycles. The molecule has 2 heterocycles. The van der Waals surface area contributed by atoms with Crippen LogP contribution in [0.3, 0.4) is 0 Å². The zero-order valence-electron chi connectivity index (χ0n) is 8.66. The van der Waals surface area contributed by atoms with Crippen LogP contribution >= 0.6 is 0 Å². The minimum absolute atomic E-state index is 0.167. The van der Waals surface area contributed by atoms with Crippen LogP contribution in [0.2, 0.25) is 0 Å². The second-order valence-corrected chi connectivity index (χ2v) is 3.19. The number of pyridine rings is 1. The fourth-order valence-corrected chi connectivity index (χ4v) is 1.50. The van der Waals surface area contributed by atoms with Crippen LogP contribution in [0.5, 0.6) is 0 Å². The summed E-state index contributed by atoms with van der Waals surface area (Å²) in [5.74, 6) is 0.582. The summed E-state index contributed by atoms with van der Waals surface area (Å²) in [5, 5.41) is 3.43. The molecule has 0 saturated heterocycles. The maximum absolute atomic E-state index is 11.6. The first kappa shape index (κ1) is 9.64. The molecule has 5 nitrogen and oxygen atoms in total. The molecule has 0 atom stereocenters. The maximum Gasteiger partial charge on any atom is 0.262 e. The average Bonchev–Trinajstić information content (AvgIpc) is 2.27. The molecular weight excluding hydrogens is 192 g/mol. The molecule has 2 rings (SSSR count). The fraction of sp³-hybridized carbons (Fsp3) is 0.300. The van der Waals surface area contributed by atoms with Crippen molar-refractivity contribution in [3.8, 4) is 0 Å². The van der Waals surface area contributed by atoms with Gasteiger partial charge >= 0.3 is 0 Å². The van der Waals surface area contributed by atoms with Gasteiger partial charge in [-0.1, -0.05) is 6.92 Å². The highest BCUT2D eigenvalue weighted by Gasteiger charge is 2.07. The highest BCUT2D eigenvalue weighted by atomic mass is 16.1. The Hall–Kier alpha value is -1.91. The number of nitrogens with one attached hydrogen (secondary N) is 2. The van der Waals surface area contributed by atoms with Gasteiger partial charge in [-0.15, -0.1) is 0 Å². The second-order valence-electron chi connectivity index (χ2n) is 3.19. The van der Waals surface area contributed by atoms with Gasteiger partial charge in [0.15, 0.2) is 0 Å². The van der Waals surface area contributed by atoms with E-state index in [0.29, 0.717) is 16.7 Å². The van der Waals surface area contributed by atoms with Gasteiger partial charge in [0.2, 0.25) is 0 Å². The smallest absolute Gasteiger partial charge is 0.262 e. The lowest BCUT2D eigenvalue weighted by Gasteiger charge is -2.05. The highest BCUT2D eigenvalue weighted by Crippen LogP contribution is 2.16. The Morgan fingerprint density at radius 2 is 2.33 bits per heavy atom. The molecule has 0 aliphatic heterocycles. The van der Waals surface area contributed by atoms with Crippen molar-refractivity contribution in [2.24, 2.45) is 0 Å². The van der Waals surface area contributed by atoms with Crippen molar-refractivity contribution >= 4 is 16.7 Å². The van der Waals surface area contributed by atoms with Crippen LogP contribution < -0.4 is 10.9 Å². The van der Waals surface area contributed by atoms with E-state index >= 15 is 0 Å². The average molecular weight is 204 g/mol. The molecule has 0 spiro atoms. The number of aryl methyl sites for hydroxylation is 1. The van der Waals surface area contributed by atoms with Gasteiger partial charge in [0, 0.05) is 12.7 Å². The third kappa shape index (κ3) is 1.56. The topological polar surface area (TPSA) is 70.7 Å². The summed E-state index contributed by atoms with van der Waals surface area (Å²) >= 11 is 0. The first-order valence-electron chi connectivity index (χ1n) is 4.81. The minimum atomic E-state index is -0.167. The highest BCUT2D eigenvalue weighted by molar-refractivity contribution is 5.88. The first-order valence-corrected chi connectivity index (χ1v) is 4.81. The van der Waals surface area contributed by atoms with Crippen LogP contribution in [0.15, 0.2) is 17.2 Å². The Balaban J connectivity index is 2.87. The standard InChI is InChI=1S/C10H12N4O/c1-3-6-4-7-8(9(11-2)14-6)10(15)13-5-12-7/h4-5H,3H2,1-2H3,(H,11,14)(H,12,13,15). The number of aromatic amines is 1. The molecule has 0 aliphatic carbocycles. The summed E-state index contributed by atoms with van der Waals surface area (Å²) in [7, 11) is 1.74. The molecule has 15 heavy (non-hydrogen) atoms. The molecule has 2 aromatic rings. The number of hydrogen-bond donors (Lipinski definition) is 2. The van der Waals surface area contributed by atoms with Gasteiger partial charge in [-0.3, -0.25) is 4.79 Å². The largest absolute Gasteiger partial charge is 0.372 e. The van der Waals surface area contributed by atoms with E-state index < -0.39 is 0 Å². The summed E-state index contributed by atoms with van der Waals surface area (Å²) in [6, 6.07) is 1.84. The minimum Gasteiger partial charge on any atom is -0.372 e. The predicted octanol–water partition coefficient (Wildman–Crippen LogP) is 0.922. The Kier molecular flexibility index (Phi) is 2.37. The molecule has 0 fully saturated rings. The SMILES string of the molecule is CCc1cc2nc[nH]c(=O)c2c(NC)n1. The van der Waals surface area contributed by atoms with Crippen molar-refractivity contribution in [2.75, 3.05) is 12.4 Å². The van der Waals surface area contributed by atoms with Gasteiger partial charge in [0.1, 0.15) is 11.2 Å². The molecule has 2 aromatic heterocycles. The van der Waals surface area contributed by atoms with Crippen LogP contribution in [0.1, 0.15) is 12.6 Å². The van der Waals surface area contributed by atoms with Crippen LogP contribution in [0.25, 0.3) is 10.9 Å². The van der Waals surface area contributed by atoms with Gasteiger partial charge in [-0.05, 0) is 12.5 Å². The maximum atomic E-state index is 11.6. The normalized spacial score (nSPS) is 10.5. The van der Waals surface area contributed by atoms with Crippen molar-refractivity contribution < 1.29 is 0 Å². The zero-order chi connectivity index (χ0) is 10.8. The summed E-state index contributed by atoms with van der Waals surface area (Å²) in [6.07, 6.45) is 2.22. The van der Waals surface area contributed by atoms with E-state index in [9.17, 15) is 4.79 Å². The monoisotopic (exact) mass is 204 g/mol. The summed E-state index contributed by atoms with van der Waals surface area (Å²) in [6.45, 7) is 2.01. The van der Waals surface area contributed by atoms with Crippen molar-refractivity contribution in [2.45, 2.75) is 13.3 Å². The summed E-state index contributed by atoms with van der Waals surface area (Å²) in [4.78, 5) is 22.6. The van der Waals surface area contributed by atoms with Crippen molar-refractivity contribution in [1.29, 1.82) is 0 Å². The summed E-state index contributed by atoms with van der Waals surface area (Å²) < 4.78 is 0. The number of anilines is 1. The number of hydrogen-bond acceptors (Lipinski definition) is 4. The zero-order valence-corrected chi connectivity index (χ0v) is 8.66. The van der Waals surface area contributed by atoms with Crippen molar-refractivity contribution in [1.82, 2.24) is 15.0 Å². The van der Waals surface area contributed by atoms with Crippen LogP contribution in [-0.2, 0) is 6.42 Å².